The third-order valence-corrected chi connectivity index (χ3v) is 4.30. The van der Waals surface area contributed by atoms with Gasteiger partial charge in [-0.1, -0.05) is 0 Å². The summed E-state index contributed by atoms with van der Waals surface area (Å²) in [5.74, 6) is 1.44. The zero-order valence-corrected chi connectivity index (χ0v) is 11.0. The first-order valence-corrected chi connectivity index (χ1v) is 6.34. The number of nitrogens with two attached hydrogens (primary N) is 1. The molecule has 0 radical (unpaired) electrons. The molecule has 2 bridgehead atoms. The molecule has 0 aromatic carbocycles. The van der Waals surface area contributed by atoms with E-state index in [1.54, 1.807) is 0 Å². The van der Waals surface area contributed by atoms with Crippen molar-refractivity contribution in [3.63, 3.8) is 0 Å². The fraction of sp³-hybridized carbons (Fsp3) is 0.917. The lowest BCUT2D eigenvalue weighted by atomic mass is 9.82. The highest BCUT2D eigenvalue weighted by atomic mass is 35.5. The van der Waals surface area contributed by atoms with Gasteiger partial charge in [-0.25, -0.2) is 0 Å². The highest BCUT2D eigenvalue weighted by Gasteiger charge is 2.53. The Morgan fingerprint density at radius 2 is 1.88 bits per heavy atom. The molecule has 3 rings (SSSR count). The van der Waals surface area contributed by atoms with Gasteiger partial charge < -0.3 is 15.4 Å². The lowest BCUT2D eigenvalue weighted by Crippen LogP contribution is -2.35. The van der Waals surface area contributed by atoms with E-state index in [-0.39, 0.29) is 24.4 Å². The van der Waals surface area contributed by atoms with E-state index < -0.39 is 0 Å². The van der Waals surface area contributed by atoms with Crippen molar-refractivity contribution in [2.24, 2.45) is 17.6 Å². The summed E-state index contributed by atoms with van der Waals surface area (Å²) in [4.78, 5) is 13.9. The summed E-state index contributed by atoms with van der Waals surface area (Å²) >= 11 is 0. The van der Waals surface area contributed by atoms with E-state index in [9.17, 15) is 4.79 Å². The first-order chi connectivity index (χ1) is 7.65. The van der Waals surface area contributed by atoms with Gasteiger partial charge >= 0.3 is 0 Å². The number of halogens is 1. The number of likely N-dealkylation sites (tertiary alicyclic amines) is 1. The van der Waals surface area contributed by atoms with Gasteiger partial charge in [-0.3, -0.25) is 4.79 Å². The minimum atomic E-state index is -0.0269. The summed E-state index contributed by atoms with van der Waals surface area (Å²) < 4.78 is 5.89. The number of carbonyl (C=O) groups excluding carboxylic acids is 1. The summed E-state index contributed by atoms with van der Waals surface area (Å²) in [5.41, 5.74) is 5.67. The Morgan fingerprint density at radius 1 is 1.35 bits per heavy atom. The van der Waals surface area contributed by atoms with Crippen LogP contribution in [0, 0.1) is 11.8 Å². The molecule has 5 heteroatoms. The fourth-order valence-corrected chi connectivity index (χ4v) is 3.57. The highest BCUT2D eigenvalue weighted by Crippen LogP contribution is 2.47. The van der Waals surface area contributed by atoms with Gasteiger partial charge in [0.2, 0.25) is 5.91 Å². The van der Waals surface area contributed by atoms with Crippen molar-refractivity contribution in [2.45, 2.75) is 44.4 Å². The number of nitrogens with zero attached hydrogens (tertiary/aromatic N) is 1. The van der Waals surface area contributed by atoms with E-state index in [0.29, 0.717) is 30.5 Å². The van der Waals surface area contributed by atoms with Crippen LogP contribution in [0.15, 0.2) is 0 Å². The number of hydrogen-bond acceptors (Lipinski definition) is 3. The SMILES string of the molecule is CC(N)CC(=O)N1CC2C3CCC(O3)C2C1.Cl. The van der Waals surface area contributed by atoms with Crippen molar-refractivity contribution in [1.82, 2.24) is 4.90 Å². The number of ether oxygens (including phenoxy) is 1. The molecule has 3 saturated heterocycles. The topological polar surface area (TPSA) is 55.6 Å². The first-order valence-electron chi connectivity index (χ1n) is 6.34. The van der Waals surface area contributed by atoms with Gasteiger partial charge in [0.25, 0.3) is 0 Å². The van der Waals surface area contributed by atoms with Crippen LogP contribution >= 0.6 is 12.4 Å². The Bertz CT molecular complexity index is 293. The van der Waals surface area contributed by atoms with Gasteiger partial charge in [0, 0.05) is 37.4 Å². The first kappa shape index (κ1) is 13.1. The number of carbonyl (C=O) groups is 1. The van der Waals surface area contributed by atoms with Crippen LogP contribution in [-0.2, 0) is 9.53 Å². The standard InChI is InChI=1S/C12H20N2O2.ClH/c1-7(13)4-12(15)14-5-8-9(6-14)11-3-2-10(8)16-11;/h7-11H,2-6,13H2,1H3;1H. The van der Waals surface area contributed by atoms with Gasteiger partial charge in [-0.15, -0.1) is 12.4 Å². The average molecular weight is 261 g/mol. The summed E-state index contributed by atoms with van der Waals surface area (Å²) in [5, 5.41) is 0. The molecule has 3 fully saturated rings. The molecule has 0 spiro atoms. The Balaban J connectivity index is 0.00000108. The third kappa shape index (κ3) is 2.18. The van der Waals surface area contributed by atoms with Crippen molar-refractivity contribution in [1.29, 1.82) is 0 Å². The fourth-order valence-electron chi connectivity index (χ4n) is 3.57. The minimum absolute atomic E-state index is 0. The molecule has 0 saturated carbocycles. The van der Waals surface area contributed by atoms with E-state index in [0.717, 1.165) is 13.1 Å². The maximum absolute atomic E-state index is 11.9. The number of hydrogen-bond donors (Lipinski definition) is 1. The van der Waals surface area contributed by atoms with Gasteiger partial charge in [0.05, 0.1) is 12.2 Å². The predicted octanol–water partition coefficient (Wildman–Crippen LogP) is 0.781. The van der Waals surface area contributed by atoms with Crippen LogP contribution in [0.5, 0.6) is 0 Å². The molecule has 1 amide bonds. The molecule has 0 aromatic rings. The Labute approximate surface area is 108 Å². The molecule has 3 aliphatic heterocycles. The van der Waals surface area contributed by atoms with Crippen molar-refractivity contribution in [2.75, 3.05) is 13.1 Å². The van der Waals surface area contributed by atoms with Gasteiger partial charge in [0.1, 0.15) is 0 Å². The summed E-state index contributed by atoms with van der Waals surface area (Å²) in [6.07, 6.45) is 3.74. The molecule has 17 heavy (non-hydrogen) atoms. The molecular formula is C12H21ClN2O2. The Morgan fingerprint density at radius 3 is 2.35 bits per heavy atom. The molecule has 3 heterocycles. The second-order valence-electron chi connectivity index (χ2n) is 5.60. The van der Waals surface area contributed by atoms with Crippen molar-refractivity contribution in [3.8, 4) is 0 Å². The number of rotatable bonds is 2. The van der Waals surface area contributed by atoms with Crippen LogP contribution in [-0.4, -0.2) is 42.1 Å². The molecule has 5 unspecified atom stereocenters. The van der Waals surface area contributed by atoms with Crippen LogP contribution in [0.25, 0.3) is 0 Å². The average Bonchev–Trinajstić information content (AvgIpc) is 2.89. The molecule has 98 valence electrons. The van der Waals surface area contributed by atoms with Crippen molar-refractivity contribution < 1.29 is 9.53 Å². The molecular weight excluding hydrogens is 240 g/mol. The largest absolute Gasteiger partial charge is 0.374 e. The summed E-state index contributed by atoms with van der Waals surface area (Å²) in [6, 6.07) is -0.0269. The normalized spacial score (nSPS) is 40.0. The third-order valence-electron chi connectivity index (χ3n) is 4.30. The maximum atomic E-state index is 11.9. The quantitative estimate of drug-likeness (QED) is 0.798. The second kappa shape index (κ2) is 4.75. The van der Waals surface area contributed by atoms with Crippen LogP contribution in [0.3, 0.4) is 0 Å². The molecule has 3 aliphatic rings. The van der Waals surface area contributed by atoms with Crippen LogP contribution in [0.4, 0.5) is 0 Å². The van der Waals surface area contributed by atoms with E-state index in [1.165, 1.54) is 12.8 Å². The second-order valence-corrected chi connectivity index (χ2v) is 5.60. The molecule has 2 N–H and O–H groups in total. The molecule has 0 aliphatic carbocycles. The molecule has 0 aromatic heterocycles. The number of amides is 1. The van der Waals surface area contributed by atoms with Crippen LogP contribution < -0.4 is 5.73 Å². The Kier molecular flexibility index (Phi) is 3.66. The molecule has 5 atom stereocenters. The van der Waals surface area contributed by atoms with E-state index in [1.807, 2.05) is 11.8 Å². The lowest BCUT2D eigenvalue weighted by molar-refractivity contribution is -0.131. The van der Waals surface area contributed by atoms with Crippen molar-refractivity contribution >= 4 is 18.3 Å². The number of fused-ring (bicyclic) bond motifs is 5. The van der Waals surface area contributed by atoms with Crippen molar-refractivity contribution in [3.05, 3.63) is 0 Å². The summed E-state index contributed by atoms with van der Waals surface area (Å²) in [7, 11) is 0. The van der Waals surface area contributed by atoms with E-state index in [4.69, 9.17) is 10.5 Å². The predicted molar refractivity (Wildman–Crippen MR) is 67.0 cm³/mol. The maximum Gasteiger partial charge on any atom is 0.224 e. The van der Waals surface area contributed by atoms with Gasteiger partial charge in [-0.2, -0.15) is 0 Å². The van der Waals surface area contributed by atoms with Gasteiger partial charge in [-0.05, 0) is 19.8 Å². The zero-order chi connectivity index (χ0) is 11.3. The minimum Gasteiger partial charge on any atom is -0.374 e. The van der Waals surface area contributed by atoms with Crippen LogP contribution in [0.2, 0.25) is 0 Å². The zero-order valence-electron chi connectivity index (χ0n) is 10.2. The lowest BCUT2D eigenvalue weighted by Gasteiger charge is -2.19. The monoisotopic (exact) mass is 260 g/mol. The van der Waals surface area contributed by atoms with E-state index >= 15 is 0 Å². The molecule has 4 nitrogen and oxygen atoms in total. The Hall–Kier alpha value is -0.320. The van der Waals surface area contributed by atoms with E-state index in [2.05, 4.69) is 0 Å². The summed E-state index contributed by atoms with van der Waals surface area (Å²) in [6.45, 7) is 3.69. The highest BCUT2D eigenvalue weighted by molar-refractivity contribution is 5.85. The van der Waals surface area contributed by atoms with Crippen LogP contribution in [0.1, 0.15) is 26.2 Å². The van der Waals surface area contributed by atoms with Gasteiger partial charge in [0.15, 0.2) is 0 Å². The smallest absolute Gasteiger partial charge is 0.224 e.